The van der Waals surface area contributed by atoms with Gasteiger partial charge in [-0.1, -0.05) is 23.2 Å². The van der Waals surface area contributed by atoms with E-state index >= 15 is 0 Å². The maximum absolute atomic E-state index is 12.2. The molecule has 9 heteroatoms. The minimum Gasteiger partial charge on any atom is -0.258 e. The minimum absolute atomic E-state index is 0.536. The van der Waals surface area contributed by atoms with Crippen LogP contribution in [0.25, 0.3) is 0 Å². The quantitative estimate of drug-likeness (QED) is 0.575. The SMILES string of the molecule is O=[N+]([O-])c1c(Cl)cnc(C(F)(F)F)c1Cl. The van der Waals surface area contributed by atoms with Crippen LogP contribution in [0, 0.1) is 10.1 Å². The third-order valence-corrected chi connectivity index (χ3v) is 2.03. The molecule has 4 nitrogen and oxygen atoms in total. The Morgan fingerprint density at radius 2 is 1.93 bits per heavy atom. The van der Waals surface area contributed by atoms with Crippen LogP contribution in [0.1, 0.15) is 5.69 Å². The van der Waals surface area contributed by atoms with Gasteiger partial charge < -0.3 is 0 Å². The molecule has 0 aliphatic carbocycles. The van der Waals surface area contributed by atoms with E-state index < -0.39 is 32.5 Å². The van der Waals surface area contributed by atoms with Crippen LogP contribution in [0.4, 0.5) is 18.9 Å². The number of hydrogen-bond acceptors (Lipinski definition) is 3. The number of nitro groups is 1. The lowest BCUT2D eigenvalue weighted by Gasteiger charge is -2.07. The summed E-state index contributed by atoms with van der Waals surface area (Å²) in [4.78, 5) is 12.2. The summed E-state index contributed by atoms with van der Waals surface area (Å²) in [6.07, 6.45) is -4.32. The molecule has 0 aliphatic rings. The average molecular weight is 261 g/mol. The lowest BCUT2D eigenvalue weighted by Crippen LogP contribution is -2.10. The van der Waals surface area contributed by atoms with Crippen molar-refractivity contribution in [1.82, 2.24) is 4.98 Å². The molecule has 0 aromatic carbocycles. The fourth-order valence-electron chi connectivity index (χ4n) is 0.821. The van der Waals surface area contributed by atoms with Crippen LogP contribution in [-0.4, -0.2) is 9.91 Å². The van der Waals surface area contributed by atoms with Gasteiger partial charge in [-0.3, -0.25) is 10.1 Å². The van der Waals surface area contributed by atoms with Crippen molar-refractivity contribution in [2.24, 2.45) is 0 Å². The highest BCUT2D eigenvalue weighted by Crippen LogP contribution is 2.40. The molecule has 0 N–H and O–H groups in total. The molecule has 1 rings (SSSR count). The predicted molar refractivity (Wildman–Crippen MR) is 45.9 cm³/mol. The lowest BCUT2D eigenvalue weighted by molar-refractivity contribution is -0.384. The number of pyridine rings is 1. The Kier molecular flexibility index (Phi) is 3.05. The number of hydrogen-bond donors (Lipinski definition) is 0. The third-order valence-electron chi connectivity index (χ3n) is 1.40. The molecule has 0 unspecified atom stereocenters. The van der Waals surface area contributed by atoms with E-state index in [0.29, 0.717) is 6.20 Å². The van der Waals surface area contributed by atoms with E-state index in [1.165, 1.54) is 0 Å². The van der Waals surface area contributed by atoms with E-state index in [1.54, 1.807) is 0 Å². The molecule has 0 aliphatic heterocycles. The number of rotatable bonds is 1. The maximum atomic E-state index is 12.2. The van der Waals surface area contributed by atoms with Gasteiger partial charge in [0.2, 0.25) is 0 Å². The molecule has 15 heavy (non-hydrogen) atoms. The molecule has 1 heterocycles. The summed E-state index contributed by atoms with van der Waals surface area (Å²) >= 11 is 10.5. The second kappa shape index (κ2) is 3.82. The van der Waals surface area contributed by atoms with Gasteiger partial charge in [0, 0.05) is 0 Å². The molecule has 0 bridgehead atoms. The second-order valence-electron chi connectivity index (χ2n) is 2.37. The first kappa shape index (κ1) is 12.0. The molecule has 0 atom stereocenters. The highest BCUT2D eigenvalue weighted by atomic mass is 35.5. The zero-order chi connectivity index (χ0) is 11.8. The Morgan fingerprint density at radius 1 is 1.40 bits per heavy atom. The summed E-state index contributed by atoms with van der Waals surface area (Å²) < 4.78 is 36.6. The van der Waals surface area contributed by atoms with Crippen molar-refractivity contribution in [3.63, 3.8) is 0 Å². The third kappa shape index (κ3) is 2.29. The Labute approximate surface area is 90.8 Å². The van der Waals surface area contributed by atoms with Gasteiger partial charge in [-0.15, -0.1) is 0 Å². The smallest absolute Gasteiger partial charge is 0.258 e. The molecule has 1 aromatic heterocycles. The fraction of sp³-hybridized carbons (Fsp3) is 0.167. The number of halogens is 5. The van der Waals surface area contributed by atoms with Crippen molar-refractivity contribution in [2.45, 2.75) is 6.18 Å². The molecular formula is C6HCl2F3N2O2. The highest BCUT2D eigenvalue weighted by molar-refractivity contribution is 6.38. The number of alkyl halides is 3. The predicted octanol–water partition coefficient (Wildman–Crippen LogP) is 3.32. The summed E-state index contributed by atoms with van der Waals surface area (Å²) in [6.45, 7) is 0. The molecule has 82 valence electrons. The molecule has 0 spiro atoms. The van der Waals surface area contributed by atoms with Gasteiger partial charge in [0.1, 0.15) is 5.02 Å². The van der Waals surface area contributed by atoms with Gasteiger partial charge in [0.25, 0.3) is 0 Å². The summed E-state index contributed by atoms with van der Waals surface area (Å²) in [7, 11) is 0. The van der Waals surface area contributed by atoms with Crippen LogP contribution in [-0.2, 0) is 6.18 Å². The van der Waals surface area contributed by atoms with E-state index in [9.17, 15) is 23.3 Å². The highest BCUT2D eigenvalue weighted by Gasteiger charge is 2.39. The molecular weight excluding hydrogens is 260 g/mol. The minimum atomic E-state index is -4.85. The lowest BCUT2D eigenvalue weighted by atomic mass is 10.3. The molecule has 0 amide bonds. The zero-order valence-corrected chi connectivity index (χ0v) is 8.19. The maximum Gasteiger partial charge on any atom is 0.435 e. The molecule has 0 saturated carbocycles. The fourth-order valence-corrected chi connectivity index (χ4v) is 1.41. The molecule has 0 fully saturated rings. The second-order valence-corrected chi connectivity index (χ2v) is 3.16. The van der Waals surface area contributed by atoms with Gasteiger partial charge in [-0.2, -0.15) is 13.2 Å². The summed E-state index contributed by atoms with van der Waals surface area (Å²) in [5, 5.41) is 8.71. The Balaban J connectivity index is 3.49. The first-order chi connectivity index (χ1) is 6.75. The van der Waals surface area contributed by atoms with Gasteiger partial charge in [-0.25, -0.2) is 4.98 Å². The van der Waals surface area contributed by atoms with E-state index in [0.717, 1.165) is 0 Å². The normalized spacial score (nSPS) is 11.5. The summed E-state index contributed by atoms with van der Waals surface area (Å²) in [5.74, 6) is 0. The van der Waals surface area contributed by atoms with Crippen molar-refractivity contribution < 1.29 is 18.1 Å². The van der Waals surface area contributed by atoms with Crippen molar-refractivity contribution >= 4 is 28.9 Å². The van der Waals surface area contributed by atoms with Gasteiger partial charge in [0.15, 0.2) is 10.7 Å². The zero-order valence-electron chi connectivity index (χ0n) is 6.68. The van der Waals surface area contributed by atoms with Crippen LogP contribution in [0.15, 0.2) is 6.20 Å². The molecule has 1 aromatic rings. The van der Waals surface area contributed by atoms with Crippen LogP contribution in [0.2, 0.25) is 10.0 Å². The van der Waals surface area contributed by atoms with Crippen molar-refractivity contribution in [3.8, 4) is 0 Å². The van der Waals surface area contributed by atoms with E-state index in [2.05, 4.69) is 4.98 Å². The van der Waals surface area contributed by atoms with Crippen LogP contribution < -0.4 is 0 Å². The van der Waals surface area contributed by atoms with Crippen molar-refractivity contribution in [2.75, 3.05) is 0 Å². The van der Waals surface area contributed by atoms with E-state index in [1.807, 2.05) is 0 Å². The van der Waals surface area contributed by atoms with Crippen LogP contribution in [0.3, 0.4) is 0 Å². The van der Waals surface area contributed by atoms with Gasteiger partial charge >= 0.3 is 11.9 Å². The molecule has 0 radical (unpaired) electrons. The van der Waals surface area contributed by atoms with E-state index in [-0.39, 0.29) is 0 Å². The monoisotopic (exact) mass is 260 g/mol. The standard InChI is InChI=1S/C6HCl2F3N2O2/c7-2-1-12-5(6(9,10)11)3(8)4(2)13(14)15/h1H. The largest absolute Gasteiger partial charge is 0.435 e. The van der Waals surface area contributed by atoms with Crippen molar-refractivity contribution in [1.29, 1.82) is 0 Å². The Hall–Kier alpha value is -1.08. The van der Waals surface area contributed by atoms with Gasteiger partial charge in [0.05, 0.1) is 11.1 Å². The van der Waals surface area contributed by atoms with Gasteiger partial charge in [-0.05, 0) is 0 Å². The first-order valence-electron chi connectivity index (χ1n) is 3.30. The first-order valence-corrected chi connectivity index (χ1v) is 4.06. The number of nitrogens with zero attached hydrogens (tertiary/aromatic N) is 2. The van der Waals surface area contributed by atoms with Crippen LogP contribution >= 0.6 is 23.2 Å². The Morgan fingerprint density at radius 3 is 2.33 bits per heavy atom. The number of aromatic nitrogens is 1. The van der Waals surface area contributed by atoms with Crippen molar-refractivity contribution in [3.05, 3.63) is 32.1 Å². The van der Waals surface area contributed by atoms with Crippen LogP contribution in [0.5, 0.6) is 0 Å². The summed E-state index contributed by atoms with van der Waals surface area (Å²) in [6, 6.07) is 0. The van der Waals surface area contributed by atoms with E-state index in [4.69, 9.17) is 23.2 Å². The Bertz CT molecular complexity index is 422. The molecule has 0 saturated heterocycles. The topological polar surface area (TPSA) is 56.0 Å². The average Bonchev–Trinajstić information content (AvgIpc) is 2.00. The summed E-state index contributed by atoms with van der Waals surface area (Å²) in [5.41, 5.74) is -2.53.